The van der Waals surface area contributed by atoms with Crippen molar-refractivity contribution in [3.63, 3.8) is 0 Å². The first kappa shape index (κ1) is 12.7. The van der Waals surface area contributed by atoms with Gasteiger partial charge in [-0.05, 0) is 64.5 Å². The third-order valence-corrected chi connectivity index (χ3v) is 5.51. The van der Waals surface area contributed by atoms with Crippen LogP contribution in [0.1, 0.15) is 64.2 Å². The average molecular weight is 248 g/mol. The molecule has 1 unspecified atom stereocenters. The van der Waals surface area contributed by atoms with E-state index in [1.54, 1.807) is 5.57 Å². The molecular formula is C16H28N2. The molecule has 2 aliphatic carbocycles. The molecule has 2 heteroatoms. The van der Waals surface area contributed by atoms with Crippen molar-refractivity contribution in [3.05, 3.63) is 11.6 Å². The molecule has 2 nitrogen and oxygen atoms in total. The number of likely N-dealkylation sites (tertiary alicyclic amines) is 1. The minimum absolute atomic E-state index is 0.318. The number of hydrogen-bond acceptors (Lipinski definition) is 2. The molecule has 0 aromatic rings. The Hall–Kier alpha value is -0.340. The molecule has 0 aromatic carbocycles. The van der Waals surface area contributed by atoms with E-state index in [1.807, 2.05) is 0 Å². The molecule has 3 rings (SSSR count). The summed E-state index contributed by atoms with van der Waals surface area (Å²) in [6.07, 6.45) is 15.9. The van der Waals surface area contributed by atoms with Crippen LogP contribution in [0.5, 0.6) is 0 Å². The van der Waals surface area contributed by atoms with Crippen molar-refractivity contribution in [2.75, 3.05) is 13.1 Å². The van der Waals surface area contributed by atoms with Crippen molar-refractivity contribution in [3.8, 4) is 0 Å². The smallest absolute Gasteiger partial charge is 0.0441 e. The summed E-state index contributed by atoms with van der Waals surface area (Å²) in [5.74, 6) is 0. The van der Waals surface area contributed by atoms with Gasteiger partial charge in [0.1, 0.15) is 0 Å². The molecule has 1 saturated carbocycles. The van der Waals surface area contributed by atoms with Gasteiger partial charge in [-0.3, -0.25) is 4.90 Å². The molecule has 3 aliphatic rings. The fraction of sp³-hybridized carbons (Fsp3) is 0.875. The summed E-state index contributed by atoms with van der Waals surface area (Å²) in [5, 5.41) is 0. The van der Waals surface area contributed by atoms with E-state index < -0.39 is 0 Å². The van der Waals surface area contributed by atoms with Gasteiger partial charge in [0.2, 0.25) is 0 Å². The summed E-state index contributed by atoms with van der Waals surface area (Å²) in [5.41, 5.74) is 8.67. The minimum Gasteiger partial charge on any atom is -0.323 e. The third-order valence-electron chi connectivity index (χ3n) is 5.51. The lowest BCUT2D eigenvalue weighted by molar-refractivity contribution is 0.102. The number of allylic oxidation sites excluding steroid dienone is 1. The van der Waals surface area contributed by atoms with Crippen molar-refractivity contribution >= 4 is 0 Å². The van der Waals surface area contributed by atoms with Gasteiger partial charge < -0.3 is 5.73 Å². The number of nitrogens with zero attached hydrogens (tertiary/aromatic N) is 1. The lowest BCUT2D eigenvalue weighted by atomic mass is 9.79. The SMILES string of the molecule is NC(C1=CCCCC1)C1(N2CCCC2)CCCC1. The standard InChI is InChI=1S/C16H28N2/c17-15(14-8-2-1-3-9-14)16(10-4-5-11-16)18-12-6-7-13-18/h8,15H,1-7,9-13,17H2. The third kappa shape index (κ3) is 2.14. The second kappa shape index (κ2) is 5.34. The quantitative estimate of drug-likeness (QED) is 0.777. The first-order chi connectivity index (χ1) is 8.83. The molecule has 1 heterocycles. The van der Waals surface area contributed by atoms with Crippen LogP contribution in [0.2, 0.25) is 0 Å². The van der Waals surface area contributed by atoms with Gasteiger partial charge in [0.25, 0.3) is 0 Å². The van der Waals surface area contributed by atoms with Crippen molar-refractivity contribution < 1.29 is 0 Å². The fourth-order valence-electron chi connectivity index (χ4n) is 4.46. The van der Waals surface area contributed by atoms with Crippen LogP contribution in [0.15, 0.2) is 11.6 Å². The Morgan fingerprint density at radius 2 is 1.72 bits per heavy atom. The highest BCUT2D eigenvalue weighted by atomic mass is 15.2. The van der Waals surface area contributed by atoms with Gasteiger partial charge in [-0.2, -0.15) is 0 Å². The molecule has 0 bridgehead atoms. The monoisotopic (exact) mass is 248 g/mol. The van der Waals surface area contributed by atoms with E-state index in [0.29, 0.717) is 11.6 Å². The Kier molecular flexibility index (Phi) is 3.76. The molecule has 1 saturated heterocycles. The predicted molar refractivity (Wildman–Crippen MR) is 76.5 cm³/mol. The van der Waals surface area contributed by atoms with Gasteiger partial charge in [0.15, 0.2) is 0 Å². The molecule has 2 N–H and O–H groups in total. The predicted octanol–water partition coefficient (Wildman–Crippen LogP) is 3.22. The topological polar surface area (TPSA) is 29.3 Å². The largest absolute Gasteiger partial charge is 0.323 e. The van der Waals surface area contributed by atoms with Gasteiger partial charge >= 0.3 is 0 Å². The summed E-state index contributed by atoms with van der Waals surface area (Å²) in [6.45, 7) is 2.59. The molecule has 18 heavy (non-hydrogen) atoms. The Morgan fingerprint density at radius 1 is 1.00 bits per heavy atom. The summed E-state index contributed by atoms with van der Waals surface area (Å²) in [4.78, 5) is 2.75. The van der Waals surface area contributed by atoms with Crippen LogP contribution in [0.4, 0.5) is 0 Å². The van der Waals surface area contributed by atoms with Crippen LogP contribution in [-0.2, 0) is 0 Å². The van der Waals surface area contributed by atoms with E-state index in [1.165, 1.54) is 77.3 Å². The molecular weight excluding hydrogens is 220 g/mol. The van der Waals surface area contributed by atoms with Gasteiger partial charge in [0, 0.05) is 11.6 Å². The highest BCUT2D eigenvalue weighted by molar-refractivity contribution is 5.22. The Balaban J connectivity index is 1.81. The summed E-state index contributed by atoms with van der Waals surface area (Å²) in [6, 6.07) is 0.318. The lowest BCUT2D eigenvalue weighted by Gasteiger charge is -2.45. The molecule has 1 atom stereocenters. The first-order valence-corrected chi connectivity index (χ1v) is 8.02. The van der Waals surface area contributed by atoms with E-state index in [9.17, 15) is 0 Å². The number of rotatable bonds is 3. The summed E-state index contributed by atoms with van der Waals surface area (Å²) in [7, 11) is 0. The van der Waals surface area contributed by atoms with Crippen LogP contribution < -0.4 is 5.73 Å². The van der Waals surface area contributed by atoms with Crippen molar-refractivity contribution in [2.24, 2.45) is 5.73 Å². The molecule has 0 spiro atoms. The normalized spacial score (nSPS) is 30.4. The average Bonchev–Trinajstić information content (AvgIpc) is 3.10. The highest BCUT2D eigenvalue weighted by Crippen LogP contribution is 2.42. The molecule has 0 aromatic heterocycles. The van der Waals surface area contributed by atoms with Gasteiger partial charge in [-0.15, -0.1) is 0 Å². The maximum Gasteiger partial charge on any atom is 0.0441 e. The summed E-state index contributed by atoms with van der Waals surface area (Å²) >= 11 is 0. The van der Waals surface area contributed by atoms with Gasteiger partial charge in [-0.1, -0.05) is 24.5 Å². The van der Waals surface area contributed by atoms with Crippen LogP contribution in [0.3, 0.4) is 0 Å². The maximum absolute atomic E-state index is 6.76. The Morgan fingerprint density at radius 3 is 2.33 bits per heavy atom. The summed E-state index contributed by atoms with van der Waals surface area (Å²) < 4.78 is 0. The zero-order chi connectivity index (χ0) is 12.4. The lowest BCUT2D eigenvalue weighted by Crippen LogP contribution is -2.58. The molecule has 0 radical (unpaired) electrons. The van der Waals surface area contributed by atoms with Gasteiger partial charge in [0.05, 0.1) is 0 Å². The molecule has 102 valence electrons. The van der Waals surface area contributed by atoms with Crippen LogP contribution in [0, 0.1) is 0 Å². The van der Waals surface area contributed by atoms with E-state index in [0.717, 1.165) is 0 Å². The second-order valence-corrected chi connectivity index (χ2v) is 6.51. The van der Waals surface area contributed by atoms with Gasteiger partial charge in [-0.25, -0.2) is 0 Å². The molecule has 1 aliphatic heterocycles. The van der Waals surface area contributed by atoms with Crippen LogP contribution in [0.25, 0.3) is 0 Å². The highest BCUT2D eigenvalue weighted by Gasteiger charge is 2.46. The Labute approximate surface area is 112 Å². The maximum atomic E-state index is 6.76. The van der Waals surface area contributed by atoms with E-state index in [4.69, 9.17) is 5.73 Å². The van der Waals surface area contributed by atoms with Crippen LogP contribution in [-0.4, -0.2) is 29.6 Å². The molecule has 2 fully saturated rings. The zero-order valence-corrected chi connectivity index (χ0v) is 11.7. The number of nitrogens with two attached hydrogens (primary N) is 1. The Bertz CT molecular complexity index is 309. The van der Waals surface area contributed by atoms with Crippen molar-refractivity contribution in [1.82, 2.24) is 4.90 Å². The van der Waals surface area contributed by atoms with E-state index in [-0.39, 0.29) is 0 Å². The first-order valence-electron chi connectivity index (χ1n) is 8.02. The fourth-order valence-corrected chi connectivity index (χ4v) is 4.46. The zero-order valence-electron chi connectivity index (χ0n) is 11.7. The van der Waals surface area contributed by atoms with Crippen molar-refractivity contribution in [1.29, 1.82) is 0 Å². The number of hydrogen-bond donors (Lipinski definition) is 1. The van der Waals surface area contributed by atoms with E-state index >= 15 is 0 Å². The van der Waals surface area contributed by atoms with E-state index in [2.05, 4.69) is 11.0 Å². The second-order valence-electron chi connectivity index (χ2n) is 6.51. The van der Waals surface area contributed by atoms with Crippen molar-refractivity contribution in [2.45, 2.75) is 75.8 Å². The van der Waals surface area contributed by atoms with Crippen LogP contribution >= 0.6 is 0 Å². The molecule has 0 amide bonds. The minimum atomic E-state index is 0.318.